The minimum atomic E-state index is 0.0829. The van der Waals surface area contributed by atoms with Gasteiger partial charge in [-0.1, -0.05) is 0 Å². The predicted molar refractivity (Wildman–Crippen MR) is 79.9 cm³/mol. The molecule has 0 saturated carbocycles. The Balaban J connectivity index is 1.89. The molecule has 1 N–H and O–H groups in total. The Labute approximate surface area is 121 Å². The molecule has 2 heterocycles. The number of nitrogens with one attached hydrogen (secondary N) is 1. The lowest BCUT2D eigenvalue weighted by Crippen LogP contribution is -2.35. The second-order valence-electron chi connectivity index (χ2n) is 6.39. The van der Waals surface area contributed by atoms with Crippen LogP contribution < -0.4 is 10.1 Å². The average Bonchev–Trinajstić information content (AvgIpc) is 2.44. The van der Waals surface area contributed by atoms with Gasteiger partial charge in [0.2, 0.25) is 0 Å². The summed E-state index contributed by atoms with van der Waals surface area (Å²) < 4.78 is 11.6. The van der Waals surface area contributed by atoms with E-state index in [1.54, 1.807) is 6.20 Å². The van der Waals surface area contributed by atoms with Gasteiger partial charge >= 0.3 is 0 Å². The van der Waals surface area contributed by atoms with E-state index in [9.17, 15) is 0 Å². The standard InChI is InChI=1S/C16H26N2O2/c1-16(2,3)18-11-13-10-17-8-7-15(13)20-12-14-6-4-5-9-19-14/h7-8,10,14,18H,4-6,9,11-12H2,1-3H3. The van der Waals surface area contributed by atoms with E-state index in [1.807, 2.05) is 12.3 Å². The molecule has 1 atom stereocenters. The highest BCUT2D eigenvalue weighted by molar-refractivity contribution is 5.30. The zero-order valence-electron chi connectivity index (χ0n) is 12.8. The van der Waals surface area contributed by atoms with Crippen LogP contribution in [0.4, 0.5) is 0 Å². The lowest BCUT2D eigenvalue weighted by molar-refractivity contribution is -0.0112. The van der Waals surface area contributed by atoms with Gasteiger partial charge in [0.25, 0.3) is 0 Å². The maximum Gasteiger partial charge on any atom is 0.127 e. The molecule has 0 spiro atoms. The molecule has 1 aliphatic heterocycles. The molecule has 0 amide bonds. The Bertz CT molecular complexity index is 409. The summed E-state index contributed by atoms with van der Waals surface area (Å²) >= 11 is 0. The van der Waals surface area contributed by atoms with Crippen LogP contribution in [0.25, 0.3) is 0 Å². The molecule has 0 radical (unpaired) electrons. The molecule has 4 heteroatoms. The SMILES string of the molecule is CC(C)(C)NCc1cnccc1OCC1CCCCO1. The van der Waals surface area contributed by atoms with E-state index in [2.05, 4.69) is 31.1 Å². The largest absolute Gasteiger partial charge is 0.490 e. The molecule has 1 fully saturated rings. The van der Waals surface area contributed by atoms with Gasteiger partial charge in [-0.2, -0.15) is 0 Å². The van der Waals surface area contributed by atoms with Crippen LogP contribution in [0.3, 0.4) is 0 Å². The summed E-state index contributed by atoms with van der Waals surface area (Å²) in [6, 6.07) is 1.93. The molecule has 1 aliphatic rings. The molecule has 1 saturated heterocycles. The molecule has 4 nitrogen and oxygen atoms in total. The van der Waals surface area contributed by atoms with Gasteiger partial charge in [0.15, 0.2) is 0 Å². The quantitative estimate of drug-likeness (QED) is 0.899. The van der Waals surface area contributed by atoms with E-state index in [1.165, 1.54) is 12.8 Å². The van der Waals surface area contributed by atoms with E-state index >= 15 is 0 Å². The first-order valence-corrected chi connectivity index (χ1v) is 7.47. The number of rotatable bonds is 5. The fourth-order valence-corrected chi connectivity index (χ4v) is 2.17. The van der Waals surface area contributed by atoms with Gasteiger partial charge in [0.1, 0.15) is 12.4 Å². The van der Waals surface area contributed by atoms with Gasteiger partial charge < -0.3 is 14.8 Å². The lowest BCUT2D eigenvalue weighted by Gasteiger charge is -2.24. The van der Waals surface area contributed by atoms with Crippen molar-refractivity contribution in [2.75, 3.05) is 13.2 Å². The molecule has 112 valence electrons. The summed E-state index contributed by atoms with van der Waals surface area (Å²) in [4.78, 5) is 4.19. The molecule has 0 aliphatic carbocycles. The summed E-state index contributed by atoms with van der Waals surface area (Å²) in [6.07, 6.45) is 7.39. The molecule has 2 rings (SSSR count). The van der Waals surface area contributed by atoms with Crippen molar-refractivity contribution in [1.29, 1.82) is 0 Å². The first kappa shape index (κ1) is 15.3. The van der Waals surface area contributed by atoms with Crippen molar-refractivity contribution >= 4 is 0 Å². The molecule has 20 heavy (non-hydrogen) atoms. The molecule has 1 unspecified atom stereocenters. The summed E-state index contributed by atoms with van der Waals surface area (Å²) in [5, 5.41) is 3.47. The minimum Gasteiger partial charge on any atom is -0.490 e. The molecule has 1 aromatic heterocycles. The zero-order chi connectivity index (χ0) is 14.4. The number of hydrogen-bond donors (Lipinski definition) is 1. The van der Waals surface area contributed by atoms with Crippen molar-refractivity contribution in [2.45, 2.75) is 58.2 Å². The highest BCUT2D eigenvalue weighted by atomic mass is 16.5. The van der Waals surface area contributed by atoms with Crippen molar-refractivity contribution in [3.8, 4) is 5.75 Å². The second kappa shape index (κ2) is 7.04. The second-order valence-corrected chi connectivity index (χ2v) is 6.39. The summed E-state index contributed by atoms with van der Waals surface area (Å²) in [7, 11) is 0. The normalized spacial score (nSPS) is 19.9. The maximum absolute atomic E-state index is 5.94. The van der Waals surface area contributed by atoms with Gasteiger partial charge in [0, 0.05) is 36.6 Å². The third kappa shape index (κ3) is 5.10. The van der Waals surface area contributed by atoms with Crippen LogP contribution in [0.1, 0.15) is 45.6 Å². The van der Waals surface area contributed by atoms with E-state index in [4.69, 9.17) is 9.47 Å². The van der Waals surface area contributed by atoms with Crippen LogP contribution in [-0.4, -0.2) is 29.8 Å². The number of nitrogens with zero attached hydrogens (tertiary/aromatic N) is 1. The predicted octanol–water partition coefficient (Wildman–Crippen LogP) is 2.92. The smallest absolute Gasteiger partial charge is 0.127 e. The summed E-state index contributed by atoms with van der Waals surface area (Å²) in [6.45, 7) is 8.72. The Morgan fingerprint density at radius 2 is 2.25 bits per heavy atom. The van der Waals surface area contributed by atoms with Gasteiger partial charge in [-0.15, -0.1) is 0 Å². The number of hydrogen-bond acceptors (Lipinski definition) is 4. The monoisotopic (exact) mass is 278 g/mol. The Kier molecular flexibility index (Phi) is 5.38. The van der Waals surface area contributed by atoms with E-state index in [-0.39, 0.29) is 11.6 Å². The van der Waals surface area contributed by atoms with Crippen molar-refractivity contribution < 1.29 is 9.47 Å². The summed E-state index contributed by atoms with van der Waals surface area (Å²) in [5.41, 5.74) is 1.18. The lowest BCUT2D eigenvalue weighted by atomic mass is 10.1. The van der Waals surface area contributed by atoms with Crippen molar-refractivity contribution in [1.82, 2.24) is 10.3 Å². The van der Waals surface area contributed by atoms with E-state index < -0.39 is 0 Å². The average molecular weight is 278 g/mol. The maximum atomic E-state index is 5.94. The van der Waals surface area contributed by atoms with Gasteiger partial charge in [-0.25, -0.2) is 0 Å². The Hall–Kier alpha value is -1.13. The molecule has 0 aromatic carbocycles. The molecular weight excluding hydrogens is 252 g/mol. The van der Waals surface area contributed by atoms with Gasteiger partial charge in [-0.3, -0.25) is 4.98 Å². The zero-order valence-corrected chi connectivity index (χ0v) is 12.8. The highest BCUT2D eigenvalue weighted by Crippen LogP contribution is 2.20. The first-order chi connectivity index (χ1) is 9.54. The highest BCUT2D eigenvalue weighted by Gasteiger charge is 2.16. The first-order valence-electron chi connectivity index (χ1n) is 7.47. The summed E-state index contributed by atoms with van der Waals surface area (Å²) in [5.74, 6) is 0.908. The number of ether oxygens (including phenoxy) is 2. The van der Waals surface area contributed by atoms with Crippen LogP contribution in [0.2, 0.25) is 0 Å². The van der Waals surface area contributed by atoms with Crippen LogP contribution >= 0.6 is 0 Å². The van der Waals surface area contributed by atoms with E-state index in [0.717, 1.165) is 30.9 Å². The molecule has 1 aromatic rings. The van der Waals surface area contributed by atoms with Crippen LogP contribution in [0, 0.1) is 0 Å². The Morgan fingerprint density at radius 1 is 1.40 bits per heavy atom. The van der Waals surface area contributed by atoms with Crippen molar-refractivity contribution in [3.05, 3.63) is 24.0 Å². The molecule has 0 bridgehead atoms. The minimum absolute atomic E-state index is 0.0829. The third-order valence-electron chi connectivity index (χ3n) is 3.37. The van der Waals surface area contributed by atoms with E-state index in [0.29, 0.717) is 6.61 Å². The van der Waals surface area contributed by atoms with Crippen LogP contribution in [0.5, 0.6) is 5.75 Å². The van der Waals surface area contributed by atoms with Crippen LogP contribution in [0.15, 0.2) is 18.5 Å². The fraction of sp³-hybridized carbons (Fsp3) is 0.688. The van der Waals surface area contributed by atoms with Crippen molar-refractivity contribution in [2.24, 2.45) is 0 Å². The Morgan fingerprint density at radius 3 is 2.95 bits per heavy atom. The van der Waals surface area contributed by atoms with Gasteiger partial charge in [0.05, 0.1) is 6.10 Å². The topological polar surface area (TPSA) is 43.4 Å². The van der Waals surface area contributed by atoms with Gasteiger partial charge in [-0.05, 0) is 46.1 Å². The number of pyridine rings is 1. The van der Waals surface area contributed by atoms with Crippen LogP contribution in [-0.2, 0) is 11.3 Å². The van der Waals surface area contributed by atoms with Crippen molar-refractivity contribution in [3.63, 3.8) is 0 Å². The number of aromatic nitrogens is 1. The molecular formula is C16H26N2O2. The fourth-order valence-electron chi connectivity index (χ4n) is 2.17. The third-order valence-corrected chi connectivity index (χ3v) is 3.37.